The number of ketones is 1. The molecular weight excluding hydrogens is 456 g/mol. The van der Waals surface area contributed by atoms with Gasteiger partial charge in [-0.05, 0) is 73.5 Å². The van der Waals surface area contributed by atoms with E-state index in [0.29, 0.717) is 16.7 Å². The summed E-state index contributed by atoms with van der Waals surface area (Å²) in [6.45, 7) is 3.90. The minimum Gasteiger partial charge on any atom is -0.477 e. The van der Waals surface area contributed by atoms with Gasteiger partial charge in [-0.3, -0.25) is 4.79 Å². The second-order valence-corrected chi connectivity index (χ2v) is 9.54. The highest BCUT2D eigenvalue weighted by Crippen LogP contribution is 2.41. The van der Waals surface area contributed by atoms with E-state index in [0.717, 1.165) is 12.8 Å². The maximum Gasteiger partial charge on any atom is 0.348 e. The number of esters is 1. The minimum atomic E-state index is -0.931. The molecule has 174 valence electrons. The summed E-state index contributed by atoms with van der Waals surface area (Å²) in [5.74, 6) is -0.0781. The number of allylic oxidation sites excluding steroid dienone is 4. The Balaban J connectivity index is 1.58. The molecule has 5 heteroatoms. The second-order valence-electron chi connectivity index (χ2n) is 8.75. The van der Waals surface area contributed by atoms with Crippen LogP contribution in [0, 0.1) is 0 Å². The fraction of sp³-hybridized carbons (Fsp3) is 0.692. The number of hydrogen-bond acceptors (Lipinski definition) is 4. The van der Waals surface area contributed by atoms with Crippen LogP contribution in [0.4, 0.5) is 0 Å². The zero-order valence-electron chi connectivity index (χ0n) is 19.3. The van der Waals surface area contributed by atoms with Crippen LogP contribution in [0.15, 0.2) is 34.5 Å². The summed E-state index contributed by atoms with van der Waals surface area (Å²) in [6.07, 6.45) is 23.9. The lowest BCUT2D eigenvalue weighted by atomic mass is 9.87. The first-order valence-electron chi connectivity index (χ1n) is 12.2. The summed E-state index contributed by atoms with van der Waals surface area (Å²) in [6, 6.07) is 0. The van der Waals surface area contributed by atoms with Crippen molar-refractivity contribution in [3.8, 4) is 0 Å². The Morgan fingerprint density at radius 2 is 1.52 bits per heavy atom. The first-order chi connectivity index (χ1) is 15.0. The first kappa shape index (κ1) is 25.9. The molecule has 2 rings (SSSR count). The van der Waals surface area contributed by atoms with Gasteiger partial charge in [-0.15, -0.1) is 0 Å². The van der Waals surface area contributed by atoms with Gasteiger partial charge in [0, 0.05) is 0 Å². The maximum absolute atomic E-state index is 12.1. The van der Waals surface area contributed by atoms with Gasteiger partial charge in [-0.25, -0.2) is 4.79 Å². The predicted octanol–water partition coefficient (Wildman–Crippen LogP) is 7.47. The van der Waals surface area contributed by atoms with E-state index in [2.05, 4.69) is 35.0 Å². The van der Waals surface area contributed by atoms with Crippen LogP contribution in [0.25, 0.3) is 0 Å². The van der Waals surface area contributed by atoms with Crippen molar-refractivity contribution in [3.05, 3.63) is 34.5 Å². The number of hydrogen-bond donors (Lipinski definition) is 0. The maximum atomic E-state index is 12.1. The van der Waals surface area contributed by atoms with Crippen molar-refractivity contribution >= 4 is 27.7 Å². The van der Waals surface area contributed by atoms with Gasteiger partial charge in [0.15, 0.2) is 23.2 Å². The molecule has 0 spiro atoms. The van der Waals surface area contributed by atoms with Crippen molar-refractivity contribution in [2.75, 3.05) is 0 Å². The molecule has 4 nitrogen and oxygen atoms in total. The highest BCUT2D eigenvalue weighted by Gasteiger charge is 2.48. The topological polar surface area (TPSA) is 52.6 Å². The van der Waals surface area contributed by atoms with Crippen LogP contribution >= 0.6 is 15.9 Å². The molecule has 1 aliphatic heterocycles. The Bertz CT molecular complexity index is 679. The Kier molecular flexibility index (Phi) is 11.6. The van der Waals surface area contributed by atoms with E-state index < -0.39 is 11.7 Å². The monoisotopic (exact) mass is 494 g/mol. The number of carbonyl (C=O) groups excluding carboxylic acids is 2. The van der Waals surface area contributed by atoms with Gasteiger partial charge in [-0.1, -0.05) is 70.4 Å². The van der Waals surface area contributed by atoms with E-state index in [9.17, 15) is 9.59 Å². The van der Waals surface area contributed by atoms with Crippen molar-refractivity contribution < 1.29 is 19.1 Å². The Morgan fingerprint density at radius 1 is 0.935 bits per heavy atom. The number of halogens is 1. The summed E-state index contributed by atoms with van der Waals surface area (Å²) in [5, 5.41) is 0. The van der Waals surface area contributed by atoms with Crippen LogP contribution < -0.4 is 0 Å². The molecule has 0 aromatic rings. The Labute approximate surface area is 196 Å². The summed E-state index contributed by atoms with van der Waals surface area (Å²) in [7, 11) is 0. The average molecular weight is 495 g/mol. The summed E-state index contributed by atoms with van der Waals surface area (Å²) < 4.78 is 11.8. The molecule has 0 unspecified atom stereocenters. The van der Waals surface area contributed by atoms with E-state index in [1.54, 1.807) is 13.0 Å². The normalized spacial score (nSPS) is 23.3. The molecule has 1 fully saturated rings. The predicted molar refractivity (Wildman–Crippen MR) is 129 cm³/mol. The van der Waals surface area contributed by atoms with Crippen LogP contribution in [-0.4, -0.2) is 23.5 Å². The van der Waals surface area contributed by atoms with Gasteiger partial charge in [-0.2, -0.15) is 0 Å². The molecule has 1 heterocycles. The molecule has 0 N–H and O–H groups in total. The summed E-state index contributed by atoms with van der Waals surface area (Å²) >= 11 is 3.32. The van der Waals surface area contributed by atoms with Crippen molar-refractivity contribution in [1.29, 1.82) is 0 Å². The molecule has 1 aliphatic carbocycles. The fourth-order valence-corrected chi connectivity index (χ4v) is 4.64. The largest absolute Gasteiger partial charge is 0.477 e. The van der Waals surface area contributed by atoms with Crippen LogP contribution in [0.5, 0.6) is 0 Å². The lowest BCUT2D eigenvalue weighted by molar-refractivity contribution is -0.181. The SMILES string of the molecule is CCCCCC/C=C\CCCCCCCCC[C@@]12C=CC(=O)C(Br)=C1O[C@@H](C)C(=O)O2. The quantitative estimate of drug-likeness (QED) is 0.134. The number of ether oxygens (including phenoxy) is 2. The second kappa shape index (κ2) is 13.9. The molecule has 31 heavy (non-hydrogen) atoms. The lowest BCUT2D eigenvalue weighted by Gasteiger charge is -2.40. The van der Waals surface area contributed by atoms with Gasteiger partial charge >= 0.3 is 5.97 Å². The third kappa shape index (κ3) is 8.25. The van der Waals surface area contributed by atoms with Crippen LogP contribution in [0.3, 0.4) is 0 Å². The molecule has 0 aromatic carbocycles. The molecule has 0 bridgehead atoms. The lowest BCUT2D eigenvalue weighted by Crippen LogP contribution is -2.48. The summed E-state index contributed by atoms with van der Waals surface area (Å²) in [5.41, 5.74) is -0.931. The molecule has 2 atom stereocenters. The van der Waals surface area contributed by atoms with E-state index in [1.165, 1.54) is 76.7 Å². The number of fused-ring (bicyclic) bond motifs is 1. The Hall–Kier alpha value is -1.36. The number of rotatable bonds is 15. The van der Waals surface area contributed by atoms with Gasteiger partial charge in [0.2, 0.25) is 0 Å². The molecule has 2 aliphatic rings. The number of unbranched alkanes of at least 4 members (excludes halogenated alkanes) is 11. The Morgan fingerprint density at radius 3 is 2.16 bits per heavy atom. The smallest absolute Gasteiger partial charge is 0.348 e. The van der Waals surface area contributed by atoms with Crippen LogP contribution in [0.1, 0.15) is 104 Å². The zero-order chi connectivity index (χ0) is 22.5. The van der Waals surface area contributed by atoms with Crippen molar-refractivity contribution in [2.24, 2.45) is 0 Å². The summed E-state index contributed by atoms with van der Waals surface area (Å²) in [4.78, 5) is 24.1. The first-order valence-corrected chi connectivity index (χ1v) is 13.0. The standard InChI is InChI=1S/C26H39BrO4/c1-3-4-5-6-7-8-9-10-11-12-13-14-15-16-17-19-26-20-18-22(28)23(27)24(26)30-21(2)25(29)31-26/h8-9,18,20-21H,3-7,10-17,19H2,1-2H3/b9-8-/t21-,26+/m0/s1. The van der Waals surface area contributed by atoms with Crippen LogP contribution in [-0.2, 0) is 19.1 Å². The van der Waals surface area contributed by atoms with E-state index in [1.807, 2.05) is 0 Å². The van der Waals surface area contributed by atoms with E-state index >= 15 is 0 Å². The average Bonchev–Trinajstić information content (AvgIpc) is 2.76. The van der Waals surface area contributed by atoms with Crippen molar-refractivity contribution in [3.63, 3.8) is 0 Å². The fourth-order valence-electron chi connectivity index (χ4n) is 4.08. The van der Waals surface area contributed by atoms with Crippen LogP contribution in [0.2, 0.25) is 0 Å². The molecule has 0 radical (unpaired) electrons. The van der Waals surface area contributed by atoms with Gasteiger partial charge in [0.1, 0.15) is 4.48 Å². The zero-order valence-corrected chi connectivity index (χ0v) is 20.9. The minimum absolute atomic E-state index is 0.151. The van der Waals surface area contributed by atoms with E-state index in [-0.39, 0.29) is 11.8 Å². The molecule has 0 saturated carbocycles. The van der Waals surface area contributed by atoms with Crippen molar-refractivity contribution in [2.45, 2.75) is 115 Å². The van der Waals surface area contributed by atoms with Gasteiger partial charge in [0.25, 0.3) is 0 Å². The highest BCUT2D eigenvalue weighted by atomic mass is 79.9. The van der Waals surface area contributed by atoms with Gasteiger partial charge in [0.05, 0.1) is 0 Å². The highest BCUT2D eigenvalue weighted by molar-refractivity contribution is 9.12. The van der Waals surface area contributed by atoms with Crippen molar-refractivity contribution in [1.82, 2.24) is 0 Å². The third-order valence-electron chi connectivity index (χ3n) is 6.02. The molecule has 0 amide bonds. The van der Waals surface area contributed by atoms with Gasteiger partial charge < -0.3 is 9.47 Å². The molecular formula is C26H39BrO4. The molecule has 0 aromatic heterocycles. The number of carbonyl (C=O) groups is 2. The molecule has 1 saturated heterocycles. The third-order valence-corrected chi connectivity index (χ3v) is 6.77. The van der Waals surface area contributed by atoms with E-state index in [4.69, 9.17) is 9.47 Å².